The molecule has 0 saturated heterocycles. The summed E-state index contributed by atoms with van der Waals surface area (Å²) in [6.45, 7) is 3.63. The highest BCUT2D eigenvalue weighted by molar-refractivity contribution is 6.18. The highest BCUT2D eigenvalue weighted by Gasteiger charge is 2.11. The highest BCUT2D eigenvalue weighted by atomic mass is 35.5. The molecule has 0 aliphatic carbocycles. The van der Waals surface area contributed by atoms with Crippen molar-refractivity contribution in [3.05, 3.63) is 23.8 Å². The van der Waals surface area contributed by atoms with Crippen LogP contribution in [-0.2, 0) is 6.42 Å². The third-order valence-corrected chi connectivity index (χ3v) is 3.19. The molecule has 2 rings (SSSR count). The van der Waals surface area contributed by atoms with Crippen molar-refractivity contribution in [3.8, 4) is 11.5 Å². The molecule has 3 heteroatoms. The van der Waals surface area contributed by atoms with E-state index in [1.807, 2.05) is 6.07 Å². The summed E-state index contributed by atoms with van der Waals surface area (Å²) in [5.74, 6) is 2.91. The van der Waals surface area contributed by atoms with Crippen molar-refractivity contribution in [2.45, 2.75) is 19.8 Å². The SMILES string of the molecule is CC(CCl)Cc1ccc2c(c1)OCCCO2. The fourth-order valence-corrected chi connectivity index (χ4v) is 1.90. The van der Waals surface area contributed by atoms with Gasteiger partial charge in [-0.05, 0) is 30.0 Å². The van der Waals surface area contributed by atoms with Gasteiger partial charge in [-0.25, -0.2) is 0 Å². The van der Waals surface area contributed by atoms with Crippen LogP contribution in [0.3, 0.4) is 0 Å². The van der Waals surface area contributed by atoms with Crippen LogP contribution in [0, 0.1) is 5.92 Å². The second kappa shape index (κ2) is 5.44. The van der Waals surface area contributed by atoms with Gasteiger partial charge in [0.25, 0.3) is 0 Å². The molecule has 2 nitrogen and oxygen atoms in total. The minimum atomic E-state index is 0.492. The van der Waals surface area contributed by atoms with Crippen LogP contribution in [0.1, 0.15) is 18.9 Å². The van der Waals surface area contributed by atoms with Gasteiger partial charge in [0, 0.05) is 12.3 Å². The first-order chi connectivity index (χ1) is 7.79. The van der Waals surface area contributed by atoms with Crippen LogP contribution in [0.5, 0.6) is 11.5 Å². The van der Waals surface area contributed by atoms with E-state index in [2.05, 4.69) is 19.1 Å². The summed E-state index contributed by atoms with van der Waals surface area (Å²) in [7, 11) is 0. The molecule has 1 aliphatic heterocycles. The molecule has 0 aromatic heterocycles. The fourth-order valence-electron chi connectivity index (χ4n) is 1.79. The molecular weight excluding hydrogens is 224 g/mol. The number of rotatable bonds is 3. The molecule has 1 aromatic rings. The smallest absolute Gasteiger partial charge is 0.161 e. The van der Waals surface area contributed by atoms with Crippen LogP contribution >= 0.6 is 11.6 Å². The maximum absolute atomic E-state index is 5.82. The Morgan fingerprint density at radius 3 is 2.75 bits per heavy atom. The van der Waals surface area contributed by atoms with Crippen molar-refractivity contribution in [1.29, 1.82) is 0 Å². The lowest BCUT2D eigenvalue weighted by atomic mass is 10.0. The number of ether oxygens (including phenoxy) is 2. The van der Waals surface area contributed by atoms with Gasteiger partial charge < -0.3 is 9.47 Å². The van der Waals surface area contributed by atoms with Gasteiger partial charge in [0.1, 0.15) is 0 Å². The summed E-state index contributed by atoms with van der Waals surface area (Å²) in [6.07, 6.45) is 1.93. The van der Waals surface area contributed by atoms with Crippen LogP contribution in [0.4, 0.5) is 0 Å². The molecule has 0 bridgehead atoms. The normalized spacial score (nSPS) is 16.6. The summed E-state index contributed by atoms with van der Waals surface area (Å²) in [6, 6.07) is 6.16. The molecule has 0 spiro atoms. The molecule has 1 aliphatic rings. The molecule has 88 valence electrons. The van der Waals surface area contributed by atoms with E-state index in [1.54, 1.807) is 0 Å². The van der Waals surface area contributed by atoms with E-state index in [-0.39, 0.29) is 0 Å². The monoisotopic (exact) mass is 240 g/mol. The molecule has 0 N–H and O–H groups in total. The zero-order chi connectivity index (χ0) is 11.4. The lowest BCUT2D eigenvalue weighted by molar-refractivity contribution is 0.297. The van der Waals surface area contributed by atoms with Gasteiger partial charge in [-0.1, -0.05) is 13.0 Å². The topological polar surface area (TPSA) is 18.5 Å². The molecule has 0 amide bonds. The van der Waals surface area contributed by atoms with Crippen LogP contribution in [0.25, 0.3) is 0 Å². The van der Waals surface area contributed by atoms with Crippen molar-refractivity contribution >= 4 is 11.6 Å². The second-order valence-corrected chi connectivity index (χ2v) is 4.60. The molecule has 0 fully saturated rings. The largest absolute Gasteiger partial charge is 0.490 e. The summed E-state index contributed by atoms with van der Waals surface area (Å²) in [5.41, 5.74) is 1.26. The maximum atomic E-state index is 5.82. The molecule has 1 atom stereocenters. The lowest BCUT2D eigenvalue weighted by Crippen LogP contribution is -2.01. The Morgan fingerprint density at radius 2 is 2.00 bits per heavy atom. The Bertz CT molecular complexity index is 352. The summed E-state index contributed by atoms with van der Waals surface area (Å²) < 4.78 is 11.2. The van der Waals surface area contributed by atoms with Crippen molar-refractivity contribution in [2.75, 3.05) is 19.1 Å². The standard InChI is InChI=1S/C13H17ClO2/c1-10(9-14)7-11-3-4-12-13(8-11)16-6-2-5-15-12/h3-4,8,10H,2,5-7,9H2,1H3. The number of benzene rings is 1. The van der Waals surface area contributed by atoms with Crippen LogP contribution in [-0.4, -0.2) is 19.1 Å². The van der Waals surface area contributed by atoms with E-state index in [0.717, 1.165) is 37.6 Å². The van der Waals surface area contributed by atoms with E-state index in [0.29, 0.717) is 11.8 Å². The Hall–Kier alpha value is -0.890. The summed E-state index contributed by atoms with van der Waals surface area (Å²) in [4.78, 5) is 0. The van der Waals surface area contributed by atoms with Crippen molar-refractivity contribution in [2.24, 2.45) is 5.92 Å². The van der Waals surface area contributed by atoms with E-state index >= 15 is 0 Å². The van der Waals surface area contributed by atoms with Gasteiger partial charge >= 0.3 is 0 Å². The molecule has 16 heavy (non-hydrogen) atoms. The lowest BCUT2D eigenvalue weighted by Gasteiger charge is -2.11. The number of hydrogen-bond acceptors (Lipinski definition) is 2. The van der Waals surface area contributed by atoms with E-state index < -0.39 is 0 Å². The van der Waals surface area contributed by atoms with Gasteiger partial charge in [0.05, 0.1) is 13.2 Å². The zero-order valence-corrected chi connectivity index (χ0v) is 10.3. The maximum Gasteiger partial charge on any atom is 0.161 e. The number of hydrogen-bond donors (Lipinski definition) is 0. The average molecular weight is 241 g/mol. The molecule has 1 unspecified atom stereocenters. The summed E-state index contributed by atoms with van der Waals surface area (Å²) in [5, 5.41) is 0. The zero-order valence-electron chi connectivity index (χ0n) is 9.54. The number of fused-ring (bicyclic) bond motifs is 1. The van der Waals surface area contributed by atoms with E-state index in [1.165, 1.54) is 5.56 Å². The third kappa shape index (κ3) is 2.82. The Balaban J connectivity index is 2.14. The Kier molecular flexibility index (Phi) is 3.94. The number of alkyl halides is 1. The Morgan fingerprint density at radius 1 is 1.25 bits per heavy atom. The van der Waals surface area contributed by atoms with Crippen LogP contribution < -0.4 is 9.47 Å². The van der Waals surface area contributed by atoms with Gasteiger partial charge in [0.15, 0.2) is 11.5 Å². The van der Waals surface area contributed by atoms with E-state index in [9.17, 15) is 0 Å². The van der Waals surface area contributed by atoms with Gasteiger partial charge in [-0.2, -0.15) is 0 Å². The molecule has 0 radical (unpaired) electrons. The average Bonchev–Trinajstić information content (AvgIpc) is 2.53. The predicted octanol–water partition coefficient (Wildman–Crippen LogP) is 3.27. The summed E-state index contributed by atoms with van der Waals surface area (Å²) >= 11 is 5.82. The third-order valence-electron chi connectivity index (χ3n) is 2.66. The van der Waals surface area contributed by atoms with E-state index in [4.69, 9.17) is 21.1 Å². The van der Waals surface area contributed by atoms with Crippen molar-refractivity contribution < 1.29 is 9.47 Å². The highest BCUT2D eigenvalue weighted by Crippen LogP contribution is 2.31. The minimum absolute atomic E-state index is 0.492. The quantitative estimate of drug-likeness (QED) is 0.755. The molecule has 1 aromatic carbocycles. The predicted molar refractivity (Wildman–Crippen MR) is 65.6 cm³/mol. The van der Waals surface area contributed by atoms with Crippen LogP contribution in [0.2, 0.25) is 0 Å². The molecule has 1 heterocycles. The molecular formula is C13H17ClO2. The fraction of sp³-hybridized carbons (Fsp3) is 0.538. The van der Waals surface area contributed by atoms with Crippen molar-refractivity contribution in [1.82, 2.24) is 0 Å². The first-order valence-electron chi connectivity index (χ1n) is 5.74. The Labute approximate surface area is 102 Å². The minimum Gasteiger partial charge on any atom is -0.490 e. The van der Waals surface area contributed by atoms with Crippen LogP contribution in [0.15, 0.2) is 18.2 Å². The first-order valence-corrected chi connectivity index (χ1v) is 6.27. The van der Waals surface area contributed by atoms with Crippen molar-refractivity contribution in [3.63, 3.8) is 0 Å². The van der Waals surface area contributed by atoms with Gasteiger partial charge in [0.2, 0.25) is 0 Å². The number of halogens is 1. The molecule has 0 saturated carbocycles. The van der Waals surface area contributed by atoms with Gasteiger partial charge in [-0.3, -0.25) is 0 Å². The first kappa shape index (κ1) is 11.6. The second-order valence-electron chi connectivity index (χ2n) is 4.30. The van der Waals surface area contributed by atoms with Gasteiger partial charge in [-0.15, -0.1) is 11.6 Å².